The van der Waals surface area contributed by atoms with Gasteiger partial charge in [0.1, 0.15) is 5.82 Å². The molecule has 1 aromatic heterocycles. The van der Waals surface area contributed by atoms with E-state index < -0.39 is 11.7 Å². The van der Waals surface area contributed by atoms with Gasteiger partial charge >= 0.3 is 0 Å². The number of benzene rings is 2. The van der Waals surface area contributed by atoms with Crippen molar-refractivity contribution in [1.82, 2.24) is 4.57 Å². The van der Waals surface area contributed by atoms with Gasteiger partial charge in [-0.25, -0.2) is 4.39 Å². The van der Waals surface area contributed by atoms with Crippen LogP contribution in [0.3, 0.4) is 0 Å². The van der Waals surface area contributed by atoms with Gasteiger partial charge in [0, 0.05) is 21.5 Å². The van der Waals surface area contributed by atoms with Crippen LogP contribution >= 0.6 is 27.3 Å². The van der Waals surface area contributed by atoms with Crippen molar-refractivity contribution in [2.75, 3.05) is 0 Å². The van der Waals surface area contributed by atoms with E-state index in [0.29, 0.717) is 11.3 Å². The minimum atomic E-state index is -0.437. The van der Waals surface area contributed by atoms with Crippen LogP contribution in [0.1, 0.15) is 35.5 Å². The summed E-state index contributed by atoms with van der Waals surface area (Å²) in [6.45, 7) is 4.87. The number of hydrogen-bond acceptors (Lipinski definition) is 2. The SMILES string of the molecule is CCCc1sc(=NC(=O)c2cccc(F)c2)n(CC)c1-c1ccc(Br)cc1. The third-order valence-corrected chi connectivity index (χ3v) is 5.83. The van der Waals surface area contributed by atoms with E-state index >= 15 is 0 Å². The molecule has 0 aliphatic rings. The second-order valence-corrected chi connectivity index (χ2v) is 8.06. The van der Waals surface area contributed by atoms with Gasteiger partial charge in [-0.1, -0.05) is 47.5 Å². The Morgan fingerprint density at radius 2 is 1.93 bits per heavy atom. The van der Waals surface area contributed by atoms with Crippen LogP contribution in [0.4, 0.5) is 4.39 Å². The maximum atomic E-state index is 13.4. The van der Waals surface area contributed by atoms with Gasteiger partial charge in [0.25, 0.3) is 5.91 Å². The molecule has 1 heterocycles. The van der Waals surface area contributed by atoms with Crippen molar-refractivity contribution in [3.8, 4) is 11.3 Å². The molecule has 27 heavy (non-hydrogen) atoms. The molecule has 0 aliphatic heterocycles. The Morgan fingerprint density at radius 3 is 2.56 bits per heavy atom. The summed E-state index contributed by atoms with van der Waals surface area (Å²) in [6.07, 6.45) is 1.92. The molecule has 0 saturated carbocycles. The number of carbonyl (C=O) groups excluding carboxylic acids is 1. The fourth-order valence-electron chi connectivity index (χ4n) is 2.93. The zero-order valence-electron chi connectivity index (χ0n) is 15.2. The highest BCUT2D eigenvalue weighted by molar-refractivity contribution is 9.10. The Labute approximate surface area is 170 Å². The lowest BCUT2D eigenvalue weighted by molar-refractivity contribution is 0.0997. The first-order chi connectivity index (χ1) is 13.0. The van der Waals surface area contributed by atoms with Gasteiger partial charge in [0.05, 0.1) is 5.69 Å². The minimum Gasteiger partial charge on any atom is -0.316 e. The number of rotatable bonds is 5. The monoisotopic (exact) mass is 446 g/mol. The lowest BCUT2D eigenvalue weighted by atomic mass is 10.1. The van der Waals surface area contributed by atoms with Crippen molar-refractivity contribution >= 4 is 33.2 Å². The van der Waals surface area contributed by atoms with Crippen LogP contribution in [0.15, 0.2) is 58.0 Å². The molecular weight excluding hydrogens is 427 g/mol. The van der Waals surface area contributed by atoms with Gasteiger partial charge in [0.2, 0.25) is 0 Å². The number of nitrogens with zero attached hydrogens (tertiary/aromatic N) is 2. The quantitative estimate of drug-likeness (QED) is 0.485. The van der Waals surface area contributed by atoms with Crippen LogP contribution in [0.25, 0.3) is 11.3 Å². The van der Waals surface area contributed by atoms with Crippen molar-refractivity contribution in [2.24, 2.45) is 4.99 Å². The molecule has 0 radical (unpaired) electrons. The highest BCUT2D eigenvalue weighted by Crippen LogP contribution is 2.28. The summed E-state index contributed by atoms with van der Waals surface area (Å²) in [4.78, 5) is 18.7. The largest absolute Gasteiger partial charge is 0.316 e. The average Bonchev–Trinajstić information content (AvgIpc) is 2.99. The molecule has 3 aromatic rings. The van der Waals surface area contributed by atoms with Crippen molar-refractivity contribution in [3.05, 3.63) is 74.1 Å². The molecule has 0 aliphatic carbocycles. The predicted molar refractivity (Wildman–Crippen MR) is 111 cm³/mol. The van der Waals surface area contributed by atoms with Crippen LogP contribution in [-0.2, 0) is 13.0 Å². The first kappa shape index (κ1) is 19.7. The second-order valence-electron chi connectivity index (χ2n) is 6.08. The third kappa shape index (κ3) is 4.45. The maximum absolute atomic E-state index is 13.4. The van der Waals surface area contributed by atoms with Gasteiger partial charge in [-0.05, 0) is 49.2 Å². The molecule has 0 N–H and O–H groups in total. The average molecular weight is 447 g/mol. The smallest absolute Gasteiger partial charge is 0.279 e. The van der Waals surface area contributed by atoms with E-state index in [9.17, 15) is 9.18 Å². The highest BCUT2D eigenvalue weighted by Gasteiger charge is 2.15. The van der Waals surface area contributed by atoms with E-state index in [1.807, 2.05) is 19.1 Å². The lowest BCUT2D eigenvalue weighted by Gasteiger charge is -2.09. The van der Waals surface area contributed by atoms with Crippen LogP contribution in [0.2, 0.25) is 0 Å². The van der Waals surface area contributed by atoms with E-state index in [1.165, 1.54) is 34.4 Å². The maximum Gasteiger partial charge on any atom is 0.279 e. The molecule has 1 amide bonds. The molecule has 140 valence electrons. The number of thiazole rings is 1. The summed E-state index contributed by atoms with van der Waals surface area (Å²) in [5.41, 5.74) is 2.45. The molecule has 0 bridgehead atoms. The Bertz CT molecular complexity index is 1020. The molecule has 6 heteroatoms. The minimum absolute atomic E-state index is 0.258. The van der Waals surface area contributed by atoms with E-state index in [0.717, 1.165) is 28.6 Å². The van der Waals surface area contributed by atoms with E-state index in [1.54, 1.807) is 6.07 Å². The summed E-state index contributed by atoms with van der Waals surface area (Å²) in [7, 11) is 0. The molecular formula is C21H20BrFN2OS. The molecule has 0 atom stereocenters. The van der Waals surface area contributed by atoms with Crippen molar-refractivity contribution in [2.45, 2.75) is 33.2 Å². The standard InChI is InChI=1S/C21H20BrFN2OS/c1-3-6-18-19(14-9-11-16(22)12-10-14)25(4-2)21(27-18)24-20(26)15-7-5-8-17(23)13-15/h5,7-13H,3-4,6H2,1-2H3. The molecule has 0 spiro atoms. The fraction of sp³-hybridized carbons (Fsp3) is 0.238. The zero-order chi connectivity index (χ0) is 19.4. The van der Waals surface area contributed by atoms with E-state index in [2.05, 4.69) is 44.5 Å². The van der Waals surface area contributed by atoms with Gasteiger partial charge < -0.3 is 4.57 Å². The Morgan fingerprint density at radius 1 is 1.19 bits per heavy atom. The number of carbonyl (C=O) groups is 1. The highest BCUT2D eigenvalue weighted by atomic mass is 79.9. The first-order valence-electron chi connectivity index (χ1n) is 8.86. The fourth-order valence-corrected chi connectivity index (χ4v) is 4.51. The van der Waals surface area contributed by atoms with Crippen molar-refractivity contribution in [3.63, 3.8) is 0 Å². The number of halogens is 2. The third-order valence-electron chi connectivity index (χ3n) is 4.16. The Balaban J connectivity index is 2.14. The molecule has 3 rings (SSSR count). The van der Waals surface area contributed by atoms with Gasteiger partial charge in [0.15, 0.2) is 4.80 Å². The van der Waals surface area contributed by atoms with Gasteiger partial charge in [-0.15, -0.1) is 11.3 Å². The van der Waals surface area contributed by atoms with E-state index in [-0.39, 0.29) is 5.56 Å². The van der Waals surface area contributed by atoms with Gasteiger partial charge in [-0.2, -0.15) is 4.99 Å². The summed E-state index contributed by atoms with van der Waals surface area (Å²) < 4.78 is 16.5. The predicted octanol–water partition coefficient (Wildman–Crippen LogP) is 5.83. The number of aryl methyl sites for hydroxylation is 1. The van der Waals surface area contributed by atoms with Crippen LogP contribution in [0.5, 0.6) is 0 Å². The summed E-state index contributed by atoms with van der Waals surface area (Å²) in [5.74, 6) is -0.865. The Kier molecular flexibility index (Phi) is 6.39. The van der Waals surface area contributed by atoms with Crippen LogP contribution in [-0.4, -0.2) is 10.5 Å². The molecule has 3 nitrogen and oxygen atoms in total. The molecule has 0 fully saturated rings. The van der Waals surface area contributed by atoms with Crippen molar-refractivity contribution < 1.29 is 9.18 Å². The van der Waals surface area contributed by atoms with Gasteiger partial charge in [-0.3, -0.25) is 4.79 Å². The summed E-state index contributed by atoms with van der Waals surface area (Å²) in [6, 6.07) is 13.8. The van der Waals surface area contributed by atoms with E-state index in [4.69, 9.17) is 0 Å². The zero-order valence-corrected chi connectivity index (χ0v) is 17.6. The summed E-state index contributed by atoms with van der Waals surface area (Å²) >= 11 is 5.01. The second kappa shape index (κ2) is 8.76. The summed E-state index contributed by atoms with van der Waals surface area (Å²) in [5, 5.41) is 0. The molecule has 0 unspecified atom stereocenters. The Hall–Kier alpha value is -2.05. The molecule has 0 saturated heterocycles. The topological polar surface area (TPSA) is 34.4 Å². The first-order valence-corrected chi connectivity index (χ1v) is 10.5. The number of amides is 1. The normalized spacial score (nSPS) is 11.8. The van der Waals surface area contributed by atoms with Crippen LogP contribution in [0, 0.1) is 5.82 Å². The van der Waals surface area contributed by atoms with Crippen LogP contribution < -0.4 is 4.80 Å². The molecule has 2 aromatic carbocycles. The lowest BCUT2D eigenvalue weighted by Crippen LogP contribution is -2.17. The number of aromatic nitrogens is 1. The van der Waals surface area contributed by atoms with Crippen molar-refractivity contribution in [1.29, 1.82) is 0 Å². The number of hydrogen-bond donors (Lipinski definition) is 0.